The minimum Gasteiger partial charge on any atom is -0.434 e. The van der Waals surface area contributed by atoms with Gasteiger partial charge < -0.3 is 25.0 Å². The molecule has 2 aromatic heterocycles. The number of urea groups is 1. The number of benzene rings is 2. The molecule has 2 aliphatic heterocycles. The second-order valence-corrected chi connectivity index (χ2v) is 9.80. The monoisotopic (exact) mass is 551 g/mol. The van der Waals surface area contributed by atoms with E-state index in [2.05, 4.69) is 20.2 Å². The molecule has 0 saturated carbocycles. The van der Waals surface area contributed by atoms with Gasteiger partial charge in [-0.1, -0.05) is 18.2 Å². The van der Waals surface area contributed by atoms with Gasteiger partial charge in [-0.2, -0.15) is 8.78 Å². The lowest BCUT2D eigenvalue weighted by Gasteiger charge is -2.36. The molecule has 4 heterocycles. The predicted octanol–water partition coefficient (Wildman–Crippen LogP) is 2.15. The Hall–Kier alpha value is -4.52. The summed E-state index contributed by atoms with van der Waals surface area (Å²) in [7, 11) is 1.60. The Bertz CT molecular complexity index is 1640. The van der Waals surface area contributed by atoms with Crippen LogP contribution in [-0.4, -0.2) is 74.2 Å². The number of carbonyl (C=O) groups excluding carboxylic acids is 1. The van der Waals surface area contributed by atoms with E-state index in [-0.39, 0.29) is 36.5 Å². The third kappa shape index (κ3) is 4.51. The lowest BCUT2D eigenvalue weighted by atomic mass is 10.1. The first-order valence-corrected chi connectivity index (χ1v) is 12.8. The zero-order valence-electron chi connectivity index (χ0n) is 21.6. The summed E-state index contributed by atoms with van der Waals surface area (Å²) in [6.45, 7) is -0.894. The molecule has 0 aliphatic carbocycles. The molecule has 6 rings (SSSR count). The molecular formula is C27H27F2N7O4. The Morgan fingerprint density at radius 1 is 1.12 bits per heavy atom. The van der Waals surface area contributed by atoms with Crippen LogP contribution in [0.4, 0.5) is 19.5 Å². The van der Waals surface area contributed by atoms with Crippen molar-refractivity contribution in [3.63, 3.8) is 0 Å². The zero-order chi connectivity index (χ0) is 28.0. The molecule has 2 aromatic carbocycles. The minimum atomic E-state index is -3.03. The Kier molecular flexibility index (Phi) is 6.58. The van der Waals surface area contributed by atoms with Crippen molar-refractivity contribution in [2.75, 3.05) is 31.1 Å². The van der Waals surface area contributed by atoms with E-state index in [9.17, 15) is 23.5 Å². The van der Waals surface area contributed by atoms with Gasteiger partial charge in [0.05, 0.1) is 30.1 Å². The van der Waals surface area contributed by atoms with Gasteiger partial charge in [-0.15, -0.1) is 0 Å². The number of nitrogens with one attached hydrogen (secondary N) is 1. The third-order valence-electron chi connectivity index (χ3n) is 7.57. The van der Waals surface area contributed by atoms with Crippen molar-refractivity contribution < 1.29 is 23.4 Å². The number of aliphatic hydroxyl groups is 1. The highest BCUT2D eigenvalue weighted by molar-refractivity contribution is 5.84. The Balaban J connectivity index is 1.32. The first-order chi connectivity index (χ1) is 19.3. The lowest BCUT2D eigenvalue weighted by Crippen LogP contribution is -2.52. The van der Waals surface area contributed by atoms with E-state index in [0.29, 0.717) is 54.2 Å². The van der Waals surface area contributed by atoms with E-state index in [0.717, 1.165) is 11.1 Å². The maximum atomic E-state index is 13.1. The van der Waals surface area contributed by atoms with Crippen LogP contribution in [0, 0.1) is 0 Å². The summed E-state index contributed by atoms with van der Waals surface area (Å²) in [4.78, 5) is 37.9. The van der Waals surface area contributed by atoms with Gasteiger partial charge in [0.25, 0.3) is 5.56 Å². The molecule has 0 spiro atoms. The number of rotatable bonds is 7. The molecule has 1 unspecified atom stereocenters. The first kappa shape index (κ1) is 25.7. The maximum Gasteiger partial charge on any atom is 0.387 e. The van der Waals surface area contributed by atoms with Crippen molar-refractivity contribution in [2.24, 2.45) is 7.05 Å². The van der Waals surface area contributed by atoms with Crippen LogP contribution in [0.2, 0.25) is 0 Å². The second kappa shape index (κ2) is 10.2. The van der Waals surface area contributed by atoms with E-state index in [1.165, 1.54) is 16.8 Å². The molecule has 4 aromatic rings. The van der Waals surface area contributed by atoms with Crippen LogP contribution in [-0.2, 0) is 20.2 Å². The fourth-order valence-corrected chi connectivity index (χ4v) is 5.46. The van der Waals surface area contributed by atoms with Crippen molar-refractivity contribution >= 4 is 22.9 Å². The average molecular weight is 552 g/mol. The van der Waals surface area contributed by atoms with E-state index in [1.807, 2.05) is 17.0 Å². The molecule has 0 bridgehead atoms. The van der Waals surface area contributed by atoms with E-state index in [1.54, 1.807) is 36.3 Å². The molecule has 13 heteroatoms. The Morgan fingerprint density at radius 2 is 1.93 bits per heavy atom. The largest absolute Gasteiger partial charge is 0.434 e. The van der Waals surface area contributed by atoms with Crippen LogP contribution in [0.5, 0.6) is 5.75 Å². The smallest absolute Gasteiger partial charge is 0.387 e. The third-order valence-corrected chi connectivity index (χ3v) is 7.57. The number of piperazine rings is 1. The number of nitrogens with zero attached hydrogens (tertiary/aromatic N) is 6. The summed E-state index contributed by atoms with van der Waals surface area (Å²) in [6.07, 6.45) is 3.43. The normalized spacial score (nSPS) is 17.0. The highest BCUT2D eigenvalue weighted by Gasteiger charge is 2.36. The number of alkyl halides is 2. The number of halogens is 2. The van der Waals surface area contributed by atoms with Crippen molar-refractivity contribution in [1.29, 1.82) is 0 Å². The van der Waals surface area contributed by atoms with Crippen LogP contribution in [0.15, 0.2) is 53.6 Å². The van der Waals surface area contributed by atoms with Crippen molar-refractivity contribution in [3.8, 4) is 16.9 Å². The summed E-state index contributed by atoms with van der Waals surface area (Å²) in [6, 6.07) is 9.99. The topological polar surface area (TPSA) is 118 Å². The standard InChI is InChI=1S/C27H27F2N7O4/c1-33-24(38)20-6-5-16(9-22(20)36(33)14-21-17(15-37)3-2-4-23(21)40-25(28)29)18-10-30-26(31-11-18)34-7-8-35-19(13-34)12-32-27(35)39/h2-6,9-11,19,25,37H,7-8,12-15H2,1H3,(H,32,39). The summed E-state index contributed by atoms with van der Waals surface area (Å²) in [5.74, 6) is 0.516. The lowest BCUT2D eigenvalue weighted by molar-refractivity contribution is -0.0506. The first-order valence-electron chi connectivity index (χ1n) is 12.8. The molecule has 2 fully saturated rings. The van der Waals surface area contributed by atoms with Crippen molar-refractivity contribution in [3.05, 3.63) is 70.3 Å². The van der Waals surface area contributed by atoms with Crippen LogP contribution in [0.25, 0.3) is 22.0 Å². The molecule has 2 aliphatic rings. The van der Waals surface area contributed by atoms with Gasteiger partial charge >= 0.3 is 12.6 Å². The fourth-order valence-electron chi connectivity index (χ4n) is 5.46. The molecule has 2 saturated heterocycles. The fraction of sp³-hybridized carbons (Fsp3) is 0.333. The average Bonchev–Trinajstić information content (AvgIpc) is 3.45. The molecule has 2 N–H and O–H groups in total. The van der Waals surface area contributed by atoms with Crippen LogP contribution >= 0.6 is 0 Å². The number of aliphatic hydroxyl groups excluding tert-OH is 1. The SMILES string of the molecule is Cn1c(=O)c2ccc(-c3cnc(N4CCN5C(=O)NCC5C4)nc3)cc2n1Cc1c(CO)cccc1OC(F)F. The number of anilines is 1. The molecule has 11 nitrogen and oxygen atoms in total. The number of amides is 2. The van der Waals surface area contributed by atoms with Crippen LogP contribution in [0.3, 0.4) is 0 Å². The molecular weight excluding hydrogens is 524 g/mol. The maximum absolute atomic E-state index is 13.1. The summed E-state index contributed by atoms with van der Waals surface area (Å²) in [5, 5.41) is 13.2. The predicted molar refractivity (Wildman–Crippen MR) is 142 cm³/mol. The number of hydrogen-bond acceptors (Lipinski definition) is 7. The van der Waals surface area contributed by atoms with E-state index >= 15 is 0 Å². The van der Waals surface area contributed by atoms with Gasteiger partial charge in [0.2, 0.25) is 5.95 Å². The summed E-state index contributed by atoms with van der Waals surface area (Å²) in [5.41, 5.74) is 2.63. The van der Waals surface area contributed by atoms with Crippen molar-refractivity contribution in [2.45, 2.75) is 25.8 Å². The Labute approximate surface area is 227 Å². The highest BCUT2D eigenvalue weighted by atomic mass is 19.3. The zero-order valence-corrected chi connectivity index (χ0v) is 21.6. The van der Waals surface area contributed by atoms with Gasteiger partial charge in [-0.3, -0.25) is 14.2 Å². The summed E-state index contributed by atoms with van der Waals surface area (Å²) >= 11 is 0. The van der Waals surface area contributed by atoms with Crippen molar-refractivity contribution in [1.82, 2.24) is 29.5 Å². The Morgan fingerprint density at radius 3 is 2.67 bits per heavy atom. The van der Waals surface area contributed by atoms with Crippen LogP contribution in [0.1, 0.15) is 11.1 Å². The highest BCUT2D eigenvalue weighted by Crippen LogP contribution is 2.29. The molecule has 40 heavy (non-hydrogen) atoms. The van der Waals surface area contributed by atoms with Gasteiger partial charge in [-0.25, -0.2) is 14.8 Å². The van der Waals surface area contributed by atoms with Gasteiger partial charge in [0.1, 0.15) is 5.75 Å². The minimum absolute atomic E-state index is 0.0252. The van der Waals surface area contributed by atoms with Gasteiger partial charge in [-0.05, 0) is 29.3 Å². The molecule has 1 atom stereocenters. The number of hydrogen-bond donors (Lipinski definition) is 2. The van der Waals surface area contributed by atoms with E-state index in [4.69, 9.17) is 4.74 Å². The van der Waals surface area contributed by atoms with Gasteiger partial charge in [0, 0.05) is 56.7 Å². The second-order valence-electron chi connectivity index (χ2n) is 9.80. The number of carbonyl (C=O) groups is 1. The molecule has 2 amide bonds. The molecule has 208 valence electrons. The van der Waals surface area contributed by atoms with E-state index < -0.39 is 6.61 Å². The quantitative estimate of drug-likeness (QED) is 0.362. The van der Waals surface area contributed by atoms with Gasteiger partial charge in [0.15, 0.2) is 0 Å². The number of fused-ring (bicyclic) bond motifs is 2. The number of aromatic nitrogens is 4. The van der Waals surface area contributed by atoms with Crippen LogP contribution < -0.4 is 20.5 Å². The summed E-state index contributed by atoms with van der Waals surface area (Å²) < 4.78 is 34.0. The molecule has 0 radical (unpaired) electrons. The number of ether oxygens (including phenoxy) is 1.